The predicted molar refractivity (Wildman–Crippen MR) is 142 cm³/mol. The molecule has 0 spiro atoms. The maximum atomic E-state index is 16.0. The molecule has 0 fully saturated rings. The lowest BCUT2D eigenvalue weighted by atomic mass is 9.82. The van der Waals surface area contributed by atoms with E-state index in [4.69, 9.17) is 0 Å². The van der Waals surface area contributed by atoms with Crippen molar-refractivity contribution in [2.45, 2.75) is 52.5 Å². The van der Waals surface area contributed by atoms with E-state index in [2.05, 4.69) is 119 Å². The monoisotopic (exact) mass is 449 g/mol. The SMILES string of the molecule is Cc1ccc(-c2ccccc2)cc1N(c1cc2c(cc1F)C(C)(C)c1ccccc1-2)C(C)(C)C. The highest BCUT2D eigenvalue weighted by atomic mass is 19.1. The summed E-state index contributed by atoms with van der Waals surface area (Å²) in [5, 5.41) is 0. The Bertz CT molecular complexity index is 1380. The summed E-state index contributed by atoms with van der Waals surface area (Å²) in [6.07, 6.45) is 0. The van der Waals surface area contributed by atoms with Gasteiger partial charge in [-0.05, 0) is 84.8 Å². The summed E-state index contributed by atoms with van der Waals surface area (Å²) in [4.78, 5) is 2.16. The van der Waals surface area contributed by atoms with Crippen LogP contribution in [0, 0.1) is 12.7 Å². The number of nitrogens with zero attached hydrogens (tertiary/aromatic N) is 1. The second kappa shape index (κ2) is 7.84. The van der Waals surface area contributed by atoms with Crippen molar-refractivity contribution < 1.29 is 4.39 Å². The van der Waals surface area contributed by atoms with E-state index in [1.54, 1.807) is 6.07 Å². The van der Waals surface area contributed by atoms with Crippen molar-refractivity contribution in [3.8, 4) is 22.3 Å². The van der Waals surface area contributed by atoms with Gasteiger partial charge in [-0.25, -0.2) is 4.39 Å². The molecule has 5 rings (SSSR count). The lowest BCUT2D eigenvalue weighted by Crippen LogP contribution is -2.38. The Hall–Kier alpha value is -3.39. The van der Waals surface area contributed by atoms with Crippen LogP contribution in [0.5, 0.6) is 0 Å². The summed E-state index contributed by atoms with van der Waals surface area (Å²) in [5.74, 6) is -0.181. The third-order valence-electron chi connectivity index (χ3n) is 7.12. The first-order chi connectivity index (χ1) is 16.1. The zero-order valence-corrected chi connectivity index (χ0v) is 20.9. The average Bonchev–Trinajstić information content (AvgIpc) is 3.02. The minimum absolute atomic E-state index is 0.181. The quantitative estimate of drug-likeness (QED) is 0.301. The molecule has 0 atom stereocenters. The number of aryl methyl sites for hydroxylation is 1. The molecule has 0 unspecified atom stereocenters. The van der Waals surface area contributed by atoms with Crippen LogP contribution in [0.4, 0.5) is 15.8 Å². The molecule has 2 heteroatoms. The van der Waals surface area contributed by atoms with Gasteiger partial charge in [0.25, 0.3) is 0 Å². The largest absolute Gasteiger partial charge is 0.333 e. The summed E-state index contributed by atoms with van der Waals surface area (Å²) in [5.41, 5.74) is 9.14. The molecule has 4 aromatic rings. The summed E-state index contributed by atoms with van der Waals surface area (Å²) >= 11 is 0. The fraction of sp³-hybridized carbons (Fsp3) is 0.250. The zero-order chi connectivity index (χ0) is 24.3. The van der Waals surface area contributed by atoms with Crippen LogP contribution in [0.25, 0.3) is 22.3 Å². The van der Waals surface area contributed by atoms with Gasteiger partial charge in [0, 0.05) is 16.6 Å². The smallest absolute Gasteiger partial charge is 0.147 e. The maximum Gasteiger partial charge on any atom is 0.147 e. The lowest BCUT2D eigenvalue weighted by Gasteiger charge is -2.39. The second-order valence-corrected chi connectivity index (χ2v) is 10.9. The van der Waals surface area contributed by atoms with E-state index in [0.717, 1.165) is 33.5 Å². The van der Waals surface area contributed by atoms with E-state index in [1.807, 2.05) is 6.07 Å². The van der Waals surface area contributed by atoms with E-state index < -0.39 is 0 Å². The molecule has 0 heterocycles. The first kappa shape index (κ1) is 22.4. The highest BCUT2D eigenvalue weighted by Gasteiger charge is 2.37. The van der Waals surface area contributed by atoms with Crippen molar-refractivity contribution in [3.05, 3.63) is 107 Å². The number of benzene rings is 4. The van der Waals surface area contributed by atoms with Crippen LogP contribution < -0.4 is 4.90 Å². The van der Waals surface area contributed by atoms with Crippen molar-refractivity contribution in [2.75, 3.05) is 4.90 Å². The Morgan fingerprint density at radius 1 is 0.676 bits per heavy atom. The van der Waals surface area contributed by atoms with Crippen molar-refractivity contribution in [1.82, 2.24) is 0 Å². The number of anilines is 2. The molecule has 0 saturated carbocycles. The summed E-state index contributed by atoms with van der Waals surface area (Å²) in [7, 11) is 0. The van der Waals surface area contributed by atoms with E-state index in [9.17, 15) is 0 Å². The van der Waals surface area contributed by atoms with Crippen molar-refractivity contribution in [2.24, 2.45) is 0 Å². The first-order valence-electron chi connectivity index (χ1n) is 12.0. The molecule has 0 radical (unpaired) electrons. The normalized spacial score (nSPS) is 14.0. The molecular formula is C32H32FN. The Labute approximate surface area is 202 Å². The molecule has 0 bridgehead atoms. The standard InChI is InChI=1S/C32H32FN/c1-21-16-17-23(22-12-8-7-9-13-22)18-29(21)34(31(2,3)4)30-19-25-24-14-10-11-15-26(24)32(5,6)27(25)20-28(30)33/h7-20H,1-6H3. The van der Waals surface area contributed by atoms with Crippen LogP contribution in [0.15, 0.2) is 84.9 Å². The van der Waals surface area contributed by atoms with E-state index in [1.165, 1.54) is 11.1 Å². The highest BCUT2D eigenvalue weighted by molar-refractivity contribution is 5.85. The average molecular weight is 450 g/mol. The third-order valence-corrected chi connectivity index (χ3v) is 7.12. The van der Waals surface area contributed by atoms with Crippen LogP contribution in [0.2, 0.25) is 0 Å². The topological polar surface area (TPSA) is 3.24 Å². The number of halogens is 1. The molecule has 0 aromatic heterocycles. The Balaban J connectivity index is 1.73. The molecule has 34 heavy (non-hydrogen) atoms. The van der Waals surface area contributed by atoms with Gasteiger partial charge in [0.1, 0.15) is 5.82 Å². The highest BCUT2D eigenvalue weighted by Crippen LogP contribution is 2.51. The molecule has 1 aliphatic carbocycles. The van der Waals surface area contributed by atoms with E-state index in [0.29, 0.717) is 5.69 Å². The van der Waals surface area contributed by atoms with Crippen LogP contribution in [0.3, 0.4) is 0 Å². The molecule has 172 valence electrons. The third kappa shape index (κ3) is 3.53. The fourth-order valence-electron chi connectivity index (χ4n) is 5.39. The van der Waals surface area contributed by atoms with Gasteiger partial charge in [-0.2, -0.15) is 0 Å². The maximum absolute atomic E-state index is 16.0. The molecular weight excluding hydrogens is 417 g/mol. The predicted octanol–water partition coefficient (Wildman–Crippen LogP) is 9.04. The van der Waals surface area contributed by atoms with E-state index >= 15 is 4.39 Å². The zero-order valence-electron chi connectivity index (χ0n) is 20.9. The van der Waals surface area contributed by atoms with Gasteiger partial charge in [-0.1, -0.05) is 80.6 Å². The molecule has 0 amide bonds. The van der Waals surface area contributed by atoms with Crippen molar-refractivity contribution in [1.29, 1.82) is 0 Å². The van der Waals surface area contributed by atoms with E-state index in [-0.39, 0.29) is 16.8 Å². The minimum Gasteiger partial charge on any atom is -0.333 e. The summed E-state index contributed by atoms with van der Waals surface area (Å²) in [6.45, 7) is 12.9. The van der Waals surface area contributed by atoms with Gasteiger partial charge in [-0.15, -0.1) is 0 Å². The number of fused-ring (bicyclic) bond motifs is 3. The minimum atomic E-state index is -0.331. The molecule has 1 aliphatic rings. The molecule has 0 saturated heterocycles. The summed E-state index contributed by atoms with van der Waals surface area (Å²) in [6, 6.07) is 29.1. The number of rotatable bonds is 3. The number of hydrogen-bond acceptors (Lipinski definition) is 1. The van der Waals surface area contributed by atoms with Crippen LogP contribution in [-0.4, -0.2) is 5.54 Å². The number of hydrogen-bond donors (Lipinski definition) is 0. The molecule has 0 aliphatic heterocycles. The molecule has 1 nitrogen and oxygen atoms in total. The van der Waals surface area contributed by atoms with Crippen molar-refractivity contribution >= 4 is 11.4 Å². The van der Waals surface area contributed by atoms with Crippen molar-refractivity contribution in [3.63, 3.8) is 0 Å². The van der Waals surface area contributed by atoms with Gasteiger partial charge < -0.3 is 4.90 Å². The van der Waals surface area contributed by atoms with Crippen LogP contribution in [0.1, 0.15) is 51.3 Å². The van der Waals surface area contributed by atoms with Gasteiger partial charge in [-0.3, -0.25) is 0 Å². The Kier molecular flexibility index (Phi) is 5.16. The summed E-state index contributed by atoms with van der Waals surface area (Å²) < 4.78 is 16.0. The lowest BCUT2D eigenvalue weighted by molar-refractivity contribution is 0.539. The van der Waals surface area contributed by atoms with Gasteiger partial charge in [0.2, 0.25) is 0 Å². The van der Waals surface area contributed by atoms with Gasteiger partial charge in [0.15, 0.2) is 0 Å². The molecule has 0 N–H and O–H groups in total. The van der Waals surface area contributed by atoms with Crippen LogP contribution >= 0.6 is 0 Å². The second-order valence-electron chi connectivity index (χ2n) is 10.9. The molecule has 4 aromatic carbocycles. The Morgan fingerprint density at radius 3 is 2.06 bits per heavy atom. The van der Waals surface area contributed by atoms with Crippen LogP contribution in [-0.2, 0) is 5.41 Å². The van der Waals surface area contributed by atoms with Gasteiger partial charge >= 0.3 is 0 Å². The fourth-order valence-corrected chi connectivity index (χ4v) is 5.39. The van der Waals surface area contributed by atoms with Gasteiger partial charge in [0.05, 0.1) is 5.69 Å². The first-order valence-corrected chi connectivity index (χ1v) is 12.0. The Morgan fingerprint density at radius 2 is 1.35 bits per heavy atom.